The number of halogens is 4. The first-order valence-corrected chi connectivity index (χ1v) is 9.95. The van der Waals surface area contributed by atoms with Crippen LogP contribution >= 0.6 is 0 Å². The van der Waals surface area contributed by atoms with Gasteiger partial charge in [0.1, 0.15) is 5.82 Å². The van der Waals surface area contributed by atoms with E-state index in [-0.39, 0.29) is 17.4 Å². The molecule has 1 unspecified atom stereocenters. The molecule has 0 aliphatic heterocycles. The van der Waals surface area contributed by atoms with Gasteiger partial charge in [-0.1, -0.05) is 6.07 Å². The number of esters is 1. The number of carbonyl (C=O) groups is 2. The van der Waals surface area contributed by atoms with Crippen LogP contribution in [0.2, 0.25) is 0 Å². The number of aromatic nitrogens is 2. The molecule has 0 bridgehead atoms. The van der Waals surface area contributed by atoms with Crippen molar-refractivity contribution in [3.8, 4) is 11.1 Å². The summed E-state index contributed by atoms with van der Waals surface area (Å²) in [6.07, 6.45) is -1.95. The van der Waals surface area contributed by atoms with Gasteiger partial charge in [0, 0.05) is 24.0 Å². The number of rotatable bonds is 5. The Morgan fingerprint density at radius 1 is 1.19 bits per heavy atom. The van der Waals surface area contributed by atoms with Crippen molar-refractivity contribution in [2.45, 2.75) is 44.6 Å². The highest BCUT2D eigenvalue weighted by molar-refractivity contribution is 5.87. The Morgan fingerprint density at radius 3 is 2.56 bits per heavy atom. The van der Waals surface area contributed by atoms with Crippen molar-refractivity contribution in [3.05, 3.63) is 54.1 Å². The first-order valence-electron chi connectivity index (χ1n) is 9.95. The third kappa shape index (κ3) is 4.30. The van der Waals surface area contributed by atoms with Crippen LogP contribution in [0.15, 0.2) is 42.7 Å². The van der Waals surface area contributed by atoms with E-state index in [1.54, 1.807) is 25.1 Å². The lowest BCUT2D eigenvalue weighted by atomic mass is 9.93. The van der Waals surface area contributed by atoms with Gasteiger partial charge in [0.05, 0.1) is 11.0 Å². The zero-order chi connectivity index (χ0) is 23.0. The van der Waals surface area contributed by atoms with Crippen LogP contribution in [0.5, 0.6) is 0 Å². The molecule has 0 spiro atoms. The highest BCUT2D eigenvalue weighted by Gasteiger charge is 2.44. The largest absolute Gasteiger partial charge is 0.491 e. The van der Waals surface area contributed by atoms with Gasteiger partial charge in [-0.05, 0) is 61.6 Å². The van der Waals surface area contributed by atoms with Gasteiger partial charge in [-0.15, -0.1) is 0 Å². The van der Waals surface area contributed by atoms with E-state index in [1.165, 1.54) is 24.5 Å². The predicted octanol–water partition coefficient (Wildman–Crippen LogP) is 4.42. The number of aryl methyl sites for hydroxylation is 1. The number of benzene rings is 1. The van der Waals surface area contributed by atoms with Gasteiger partial charge < -0.3 is 14.6 Å². The Labute approximate surface area is 180 Å². The number of alkyl halides is 3. The second-order valence-electron chi connectivity index (χ2n) is 7.71. The lowest BCUT2D eigenvalue weighted by molar-refractivity contribution is -0.209. The Kier molecular flexibility index (Phi) is 5.62. The fourth-order valence-corrected chi connectivity index (χ4v) is 3.45. The highest BCUT2D eigenvalue weighted by Crippen LogP contribution is 2.29. The van der Waals surface area contributed by atoms with Crippen LogP contribution in [-0.4, -0.2) is 33.6 Å². The van der Waals surface area contributed by atoms with Gasteiger partial charge in [-0.25, -0.2) is 9.18 Å². The lowest BCUT2D eigenvalue weighted by Crippen LogP contribution is -2.45. The number of hydrogen-bond acceptors (Lipinski definition) is 4. The number of pyridine rings is 1. The van der Waals surface area contributed by atoms with E-state index < -0.39 is 24.3 Å². The number of fused-ring (bicyclic) bond motifs is 1. The van der Waals surface area contributed by atoms with Crippen molar-refractivity contribution in [3.63, 3.8) is 0 Å². The van der Waals surface area contributed by atoms with Crippen molar-refractivity contribution in [2.75, 3.05) is 0 Å². The van der Waals surface area contributed by atoms with Crippen LogP contribution in [0.25, 0.3) is 22.2 Å². The van der Waals surface area contributed by atoms with E-state index in [0.29, 0.717) is 35.0 Å². The van der Waals surface area contributed by atoms with Crippen LogP contribution in [-0.2, 0) is 14.3 Å². The molecule has 1 aliphatic carbocycles. The summed E-state index contributed by atoms with van der Waals surface area (Å²) in [5.74, 6) is -3.70. The topological polar surface area (TPSA) is 73.2 Å². The molecule has 1 atom stereocenters. The Bertz CT molecular complexity index is 1180. The van der Waals surface area contributed by atoms with Gasteiger partial charge in [0.25, 0.3) is 12.1 Å². The van der Waals surface area contributed by atoms with Gasteiger partial charge in [0.2, 0.25) is 0 Å². The summed E-state index contributed by atoms with van der Waals surface area (Å²) in [5.41, 5.74) is 2.27. The standard InChI is InChI=1S/C22H19F4N3O3/c1-12-9-13(5-6-16(12)23)14-10-18-17(27-11-14)7-8-29(18)20(32-21(31)22(24,25)26)19(30)28-15-3-2-4-15/h5-11,15,20H,2-4H2,1H3,(H,28,30). The summed E-state index contributed by atoms with van der Waals surface area (Å²) < 4.78 is 58.0. The number of hydrogen-bond donors (Lipinski definition) is 1. The molecule has 0 saturated heterocycles. The molecule has 1 fully saturated rings. The summed E-state index contributed by atoms with van der Waals surface area (Å²) in [4.78, 5) is 28.6. The maximum atomic E-state index is 13.6. The van der Waals surface area contributed by atoms with E-state index in [9.17, 15) is 27.2 Å². The van der Waals surface area contributed by atoms with E-state index in [4.69, 9.17) is 0 Å². The zero-order valence-corrected chi connectivity index (χ0v) is 16.9. The predicted molar refractivity (Wildman–Crippen MR) is 107 cm³/mol. The number of nitrogens with zero attached hydrogens (tertiary/aromatic N) is 2. The average molecular weight is 449 g/mol. The van der Waals surface area contributed by atoms with Crippen LogP contribution < -0.4 is 5.32 Å². The summed E-state index contributed by atoms with van der Waals surface area (Å²) in [6, 6.07) is 7.37. The molecule has 1 N–H and O–H groups in total. The molecule has 1 saturated carbocycles. The molecular formula is C22H19F4N3O3. The van der Waals surface area contributed by atoms with Crippen molar-refractivity contribution in [2.24, 2.45) is 0 Å². The van der Waals surface area contributed by atoms with Crippen molar-refractivity contribution in [1.29, 1.82) is 0 Å². The number of amides is 1. The Hall–Kier alpha value is -3.43. The third-order valence-corrected chi connectivity index (χ3v) is 5.44. The minimum Gasteiger partial charge on any atom is -0.425 e. The number of ether oxygens (including phenoxy) is 1. The van der Waals surface area contributed by atoms with E-state index in [1.807, 2.05) is 0 Å². The van der Waals surface area contributed by atoms with Crippen LogP contribution in [0.1, 0.15) is 31.1 Å². The molecule has 32 heavy (non-hydrogen) atoms. The Morgan fingerprint density at radius 2 is 1.94 bits per heavy atom. The molecule has 1 aromatic carbocycles. The van der Waals surface area contributed by atoms with Crippen molar-refractivity contribution in [1.82, 2.24) is 14.9 Å². The molecule has 1 amide bonds. The zero-order valence-electron chi connectivity index (χ0n) is 16.9. The summed E-state index contributed by atoms with van der Waals surface area (Å²) in [6.45, 7) is 1.60. The fraction of sp³-hybridized carbons (Fsp3) is 0.318. The number of carbonyl (C=O) groups excluding carboxylic acids is 2. The van der Waals surface area contributed by atoms with Gasteiger partial charge in [0.15, 0.2) is 0 Å². The normalized spacial score (nSPS) is 15.3. The van der Waals surface area contributed by atoms with Crippen LogP contribution in [0, 0.1) is 12.7 Å². The second-order valence-corrected chi connectivity index (χ2v) is 7.71. The van der Waals surface area contributed by atoms with E-state index in [0.717, 1.165) is 11.0 Å². The van der Waals surface area contributed by atoms with Crippen molar-refractivity contribution >= 4 is 22.9 Å². The third-order valence-electron chi connectivity index (χ3n) is 5.44. The van der Waals surface area contributed by atoms with Crippen molar-refractivity contribution < 1.29 is 31.9 Å². The average Bonchev–Trinajstić information content (AvgIpc) is 3.12. The smallest absolute Gasteiger partial charge is 0.425 e. The summed E-state index contributed by atoms with van der Waals surface area (Å²) >= 11 is 0. The van der Waals surface area contributed by atoms with Gasteiger partial charge in [-0.2, -0.15) is 13.2 Å². The molecular weight excluding hydrogens is 430 g/mol. The lowest BCUT2D eigenvalue weighted by Gasteiger charge is -2.29. The minimum absolute atomic E-state index is 0.174. The summed E-state index contributed by atoms with van der Waals surface area (Å²) in [5, 5.41) is 2.62. The maximum Gasteiger partial charge on any atom is 0.491 e. The SMILES string of the molecule is Cc1cc(-c2cnc3ccn(C(OC(=O)C(F)(F)F)C(=O)NC4CCC4)c3c2)ccc1F. The monoisotopic (exact) mass is 449 g/mol. The van der Waals surface area contributed by atoms with Crippen LogP contribution in [0.3, 0.4) is 0 Å². The molecule has 6 nitrogen and oxygen atoms in total. The first kappa shape index (κ1) is 21.8. The van der Waals surface area contributed by atoms with Gasteiger partial charge >= 0.3 is 12.1 Å². The second kappa shape index (κ2) is 8.25. The summed E-state index contributed by atoms with van der Waals surface area (Å²) in [7, 11) is 0. The molecule has 2 aromatic heterocycles. The quantitative estimate of drug-likeness (QED) is 0.462. The van der Waals surface area contributed by atoms with Crippen LogP contribution in [0.4, 0.5) is 17.6 Å². The molecule has 10 heteroatoms. The van der Waals surface area contributed by atoms with Gasteiger partial charge in [-0.3, -0.25) is 9.78 Å². The maximum absolute atomic E-state index is 13.6. The number of nitrogens with one attached hydrogen (secondary N) is 1. The molecule has 0 radical (unpaired) electrons. The molecule has 4 rings (SSSR count). The molecule has 2 heterocycles. The molecule has 3 aromatic rings. The molecule has 1 aliphatic rings. The fourth-order valence-electron chi connectivity index (χ4n) is 3.45. The Balaban J connectivity index is 1.74. The first-order chi connectivity index (χ1) is 15.1. The van der Waals surface area contributed by atoms with E-state index in [2.05, 4.69) is 15.0 Å². The molecule has 168 valence electrons. The minimum atomic E-state index is -5.26. The van der Waals surface area contributed by atoms with E-state index >= 15 is 0 Å². The highest BCUT2D eigenvalue weighted by atomic mass is 19.4.